The van der Waals surface area contributed by atoms with E-state index >= 15 is 0 Å². The molecule has 0 N–H and O–H groups in total. The topological polar surface area (TPSA) is 60.4 Å². The maximum atomic E-state index is 12.3. The van der Waals surface area contributed by atoms with Crippen LogP contribution in [0.25, 0.3) is 22.6 Å². The van der Waals surface area contributed by atoms with Gasteiger partial charge in [0, 0.05) is 11.1 Å². The first kappa shape index (κ1) is 20.6. The van der Waals surface area contributed by atoms with Crippen LogP contribution in [0.15, 0.2) is 69.5 Å². The van der Waals surface area contributed by atoms with Crippen LogP contribution in [0, 0.1) is 13.8 Å². The Labute approximate surface area is 181 Å². The maximum Gasteiger partial charge on any atom is 0.163 e. The van der Waals surface area contributed by atoms with E-state index < -0.39 is 0 Å². The second-order valence-electron chi connectivity index (χ2n) is 7.92. The molecule has 2 heterocycles. The fourth-order valence-corrected chi connectivity index (χ4v) is 3.58. The fraction of sp³-hybridized carbons (Fsp3) is 0.185. The van der Waals surface area contributed by atoms with Crippen molar-refractivity contribution >= 4 is 11.6 Å². The summed E-state index contributed by atoms with van der Waals surface area (Å²) >= 11 is 0. The zero-order valence-corrected chi connectivity index (χ0v) is 18.1. The third kappa shape index (κ3) is 4.29. The molecule has 0 saturated heterocycles. The van der Waals surface area contributed by atoms with E-state index in [1.165, 1.54) is 13.8 Å². The van der Waals surface area contributed by atoms with Crippen molar-refractivity contribution in [1.29, 1.82) is 0 Å². The zero-order valence-electron chi connectivity index (χ0n) is 18.1. The number of hydrogen-bond donors (Lipinski definition) is 0. The molecule has 31 heavy (non-hydrogen) atoms. The molecule has 0 aliphatic rings. The molecule has 2 aromatic heterocycles. The zero-order chi connectivity index (χ0) is 22.1. The number of ketones is 2. The Morgan fingerprint density at radius 1 is 0.645 bits per heavy atom. The molecule has 2 aromatic carbocycles. The van der Waals surface area contributed by atoms with Crippen LogP contribution in [0.5, 0.6) is 0 Å². The summed E-state index contributed by atoms with van der Waals surface area (Å²) in [6.45, 7) is 7.06. The van der Waals surface area contributed by atoms with Gasteiger partial charge < -0.3 is 8.83 Å². The molecule has 0 aliphatic heterocycles. The van der Waals surface area contributed by atoms with Crippen LogP contribution in [-0.2, 0) is 6.42 Å². The SMILES string of the molecule is CC(=O)c1cc(-c2ccc(C)cc2)oc1Cc1oc(-c2ccc(C)cc2)cc1C(C)=O. The molecule has 0 atom stereocenters. The van der Waals surface area contributed by atoms with E-state index in [0.29, 0.717) is 34.2 Å². The average Bonchev–Trinajstić information content (AvgIpc) is 3.34. The summed E-state index contributed by atoms with van der Waals surface area (Å²) < 4.78 is 12.2. The Balaban J connectivity index is 1.74. The number of hydrogen-bond acceptors (Lipinski definition) is 4. The van der Waals surface area contributed by atoms with Gasteiger partial charge in [-0.05, 0) is 39.8 Å². The van der Waals surface area contributed by atoms with Gasteiger partial charge in [-0.2, -0.15) is 0 Å². The van der Waals surface area contributed by atoms with Crippen LogP contribution in [-0.4, -0.2) is 11.6 Å². The summed E-state index contributed by atoms with van der Waals surface area (Å²) in [4.78, 5) is 24.6. The Morgan fingerprint density at radius 2 is 1.00 bits per heavy atom. The number of carbonyl (C=O) groups excluding carboxylic acids is 2. The van der Waals surface area contributed by atoms with E-state index in [1.54, 1.807) is 12.1 Å². The van der Waals surface area contributed by atoms with E-state index in [9.17, 15) is 9.59 Å². The van der Waals surface area contributed by atoms with Crippen LogP contribution < -0.4 is 0 Å². The Morgan fingerprint density at radius 3 is 1.32 bits per heavy atom. The van der Waals surface area contributed by atoms with Crippen molar-refractivity contribution < 1.29 is 18.4 Å². The lowest BCUT2D eigenvalue weighted by molar-refractivity contribution is 0.100. The van der Waals surface area contributed by atoms with Crippen LogP contribution in [0.2, 0.25) is 0 Å². The highest BCUT2D eigenvalue weighted by Crippen LogP contribution is 2.32. The van der Waals surface area contributed by atoms with Crippen molar-refractivity contribution in [2.24, 2.45) is 0 Å². The summed E-state index contributed by atoms with van der Waals surface area (Å²) in [7, 11) is 0. The second kappa shape index (κ2) is 8.23. The van der Waals surface area contributed by atoms with Gasteiger partial charge in [-0.25, -0.2) is 0 Å². The number of carbonyl (C=O) groups is 2. The molecule has 0 unspecified atom stereocenters. The van der Waals surface area contributed by atoms with Gasteiger partial charge in [-0.15, -0.1) is 0 Å². The molecule has 0 amide bonds. The van der Waals surface area contributed by atoms with Crippen molar-refractivity contribution in [3.05, 3.63) is 94.4 Å². The van der Waals surface area contributed by atoms with Gasteiger partial charge in [0.1, 0.15) is 23.0 Å². The molecule has 156 valence electrons. The van der Waals surface area contributed by atoms with Crippen LogP contribution in [0.3, 0.4) is 0 Å². The van der Waals surface area contributed by atoms with Crippen molar-refractivity contribution in [3.8, 4) is 22.6 Å². The minimum atomic E-state index is -0.0909. The monoisotopic (exact) mass is 412 g/mol. The summed E-state index contributed by atoms with van der Waals surface area (Å²) in [5.41, 5.74) is 5.08. The number of furan rings is 2. The van der Waals surface area contributed by atoms with Gasteiger partial charge in [-0.3, -0.25) is 9.59 Å². The highest BCUT2D eigenvalue weighted by molar-refractivity contribution is 5.98. The van der Waals surface area contributed by atoms with E-state index in [-0.39, 0.29) is 18.0 Å². The Hall–Kier alpha value is -3.66. The van der Waals surface area contributed by atoms with Gasteiger partial charge in [0.05, 0.1) is 17.5 Å². The molecule has 0 spiro atoms. The number of aryl methyl sites for hydroxylation is 2. The van der Waals surface area contributed by atoms with Gasteiger partial charge in [0.25, 0.3) is 0 Å². The van der Waals surface area contributed by atoms with Crippen molar-refractivity contribution in [2.75, 3.05) is 0 Å². The molecule has 4 rings (SSSR count). The van der Waals surface area contributed by atoms with Crippen LogP contribution >= 0.6 is 0 Å². The number of Topliss-reactive ketones (excluding diaryl/α,β-unsaturated/α-hetero) is 2. The summed E-state index contributed by atoms with van der Waals surface area (Å²) in [5, 5.41) is 0. The Kier molecular flexibility index (Phi) is 5.47. The minimum absolute atomic E-state index is 0.0909. The molecular weight excluding hydrogens is 388 g/mol. The minimum Gasteiger partial charge on any atom is -0.460 e. The second-order valence-corrected chi connectivity index (χ2v) is 7.92. The molecule has 0 saturated carbocycles. The quantitative estimate of drug-likeness (QED) is 0.326. The normalized spacial score (nSPS) is 11.0. The smallest absolute Gasteiger partial charge is 0.163 e. The lowest BCUT2D eigenvalue weighted by Crippen LogP contribution is -2.00. The molecule has 0 aliphatic carbocycles. The predicted octanol–water partition coefficient (Wildman–Crippen LogP) is 6.82. The van der Waals surface area contributed by atoms with E-state index in [1.807, 2.05) is 62.4 Å². The van der Waals surface area contributed by atoms with E-state index in [0.717, 1.165) is 22.3 Å². The van der Waals surface area contributed by atoms with Crippen molar-refractivity contribution in [1.82, 2.24) is 0 Å². The summed E-state index contributed by atoms with van der Waals surface area (Å²) in [6.07, 6.45) is 0.224. The highest BCUT2D eigenvalue weighted by atomic mass is 16.4. The van der Waals surface area contributed by atoms with Gasteiger partial charge >= 0.3 is 0 Å². The van der Waals surface area contributed by atoms with Gasteiger partial charge in [0.15, 0.2) is 11.6 Å². The van der Waals surface area contributed by atoms with E-state index in [4.69, 9.17) is 8.83 Å². The molecule has 0 radical (unpaired) electrons. The number of benzene rings is 2. The Bertz CT molecular complexity index is 1150. The van der Waals surface area contributed by atoms with Crippen molar-refractivity contribution in [3.63, 3.8) is 0 Å². The first-order chi connectivity index (χ1) is 14.8. The molecule has 4 heteroatoms. The maximum absolute atomic E-state index is 12.3. The van der Waals surface area contributed by atoms with Crippen molar-refractivity contribution in [2.45, 2.75) is 34.1 Å². The molecule has 4 aromatic rings. The standard InChI is InChI=1S/C27H24O4/c1-16-5-9-20(10-6-16)24-13-22(18(3)28)26(30-24)15-27-23(19(4)29)14-25(31-27)21-11-7-17(2)8-12-21/h5-14H,15H2,1-4H3. The first-order valence-electron chi connectivity index (χ1n) is 10.2. The van der Waals surface area contributed by atoms with Crippen LogP contribution in [0.1, 0.15) is 57.2 Å². The average molecular weight is 412 g/mol. The van der Waals surface area contributed by atoms with Gasteiger partial charge in [-0.1, -0.05) is 59.7 Å². The lowest BCUT2D eigenvalue weighted by Gasteiger charge is -2.01. The summed E-state index contributed by atoms with van der Waals surface area (Å²) in [5.74, 6) is 2.05. The largest absolute Gasteiger partial charge is 0.460 e. The predicted molar refractivity (Wildman–Crippen MR) is 121 cm³/mol. The fourth-order valence-electron chi connectivity index (χ4n) is 3.58. The lowest BCUT2D eigenvalue weighted by atomic mass is 10.0. The molecule has 0 fully saturated rings. The first-order valence-corrected chi connectivity index (χ1v) is 10.2. The molecular formula is C27H24O4. The third-order valence-corrected chi connectivity index (χ3v) is 5.37. The summed E-state index contributed by atoms with van der Waals surface area (Å²) in [6, 6.07) is 19.4. The van der Waals surface area contributed by atoms with Crippen LogP contribution in [0.4, 0.5) is 0 Å². The van der Waals surface area contributed by atoms with E-state index in [2.05, 4.69) is 0 Å². The van der Waals surface area contributed by atoms with Gasteiger partial charge in [0.2, 0.25) is 0 Å². The number of rotatable bonds is 6. The molecule has 4 nitrogen and oxygen atoms in total. The third-order valence-electron chi connectivity index (χ3n) is 5.37. The highest BCUT2D eigenvalue weighted by Gasteiger charge is 2.22. The molecule has 0 bridgehead atoms.